The van der Waals surface area contributed by atoms with E-state index in [-0.39, 0.29) is 18.1 Å². The normalized spacial score (nSPS) is 10.3. The minimum Gasteiger partial charge on any atom is -0.508 e. The number of likely N-dealkylation sites (N-methyl/N-ethyl adjacent to an activating group) is 1. The third-order valence-corrected chi connectivity index (χ3v) is 3.45. The standard InChI is InChI=1S/C15H13BrFNO2/c1-18(12-3-5-13(19)6-4-12)15(20)9-10-8-11(16)2-7-14(10)17/h2-8,19H,9H2,1H3. The number of hydrogen-bond acceptors (Lipinski definition) is 2. The Balaban J connectivity index is 2.15. The van der Waals surface area contributed by atoms with Crippen molar-refractivity contribution in [1.29, 1.82) is 0 Å². The molecule has 0 saturated heterocycles. The first kappa shape index (κ1) is 14.5. The number of phenols is 1. The van der Waals surface area contributed by atoms with Crippen LogP contribution < -0.4 is 4.90 Å². The summed E-state index contributed by atoms with van der Waals surface area (Å²) in [6.45, 7) is 0. The van der Waals surface area contributed by atoms with Gasteiger partial charge < -0.3 is 10.0 Å². The molecule has 0 saturated carbocycles. The summed E-state index contributed by atoms with van der Waals surface area (Å²) in [6.07, 6.45) is -0.0251. The number of amides is 1. The highest BCUT2D eigenvalue weighted by Gasteiger charge is 2.14. The van der Waals surface area contributed by atoms with Gasteiger partial charge in [-0.15, -0.1) is 0 Å². The lowest BCUT2D eigenvalue weighted by Crippen LogP contribution is -2.28. The highest BCUT2D eigenvalue weighted by Crippen LogP contribution is 2.20. The molecule has 2 aromatic carbocycles. The minimum absolute atomic E-state index is 0.0251. The van der Waals surface area contributed by atoms with E-state index in [1.54, 1.807) is 31.3 Å². The zero-order valence-electron chi connectivity index (χ0n) is 10.8. The Labute approximate surface area is 124 Å². The van der Waals surface area contributed by atoms with Gasteiger partial charge in [-0.25, -0.2) is 4.39 Å². The van der Waals surface area contributed by atoms with Crippen LogP contribution in [-0.4, -0.2) is 18.1 Å². The number of aromatic hydroxyl groups is 1. The molecule has 2 rings (SSSR count). The van der Waals surface area contributed by atoms with Crippen LogP contribution in [0.3, 0.4) is 0 Å². The summed E-state index contributed by atoms with van der Waals surface area (Å²) < 4.78 is 14.4. The topological polar surface area (TPSA) is 40.5 Å². The number of anilines is 1. The van der Waals surface area contributed by atoms with Gasteiger partial charge in [-0.05, 0) is 48.0 Å². The molecule has 0 aromatic heterocycles. The van der Waals surface area contributed by atoms with E-state index in [1.165, 1.54) is 23.1 Å². The number of hydrogen-bond donors (Lipinski definition) is 1. The van der Waals surface area contributed by atoms with E-state index in [9.17, 15) is 14.3 Å². The van der Waals surface area contributed by atoms with Crippen molar-refractivity contribution in [3.8, 4) is 5.75 Å². The van der Waals surface area contributed by atoms with Gasteiger partial charge in [0, 0.05) is 17.2 Å². The summed E-state index contributed by atoms with van der Waals surface area (Å²) in [6, 6.07) is 10.8. The smallest absolute Gasteiger partial charge is 0.231 e. The van der Waals surface area contributed by atoms with E-state index in [4.69, 9.17) is 0 Å². The lowest BCUT2D eigenvalue weighted by molar-refractivity contribution is -0.117. The van der Waals surface area contributed by atoms with Crippen LogP contribution in [0, 0.1) is 5.82 Å². The van der Waals surface area contributed by atoms with E-state index in [0.717, 1.165) is 4.47 Å². The first-order valence-corrected chi connectivity index (χ1v) is 6.76. The van der Waals surface area contributed by atoms with Gasteiger partial charge in [0.1, 0.15) is 11.6 Å². The summed E-state index contributed by atoms with van der Waals surface area (Å²) in [5.41, 5.74) is 0.984. The minimum atomic E-state index is -0.402. The Bertz CT molecular complexity index is 628. The third-order valence-electron chi connectivity index (χ3n) is 2.96. The predicted octanol–water partition coefficient (Wildman–Crippen LogP) is 3.50. The Hall–Kier alpha value is -1.88. The van der Waals surface area contributed by atoms with Crippen LogP contribution in [0.5, 0.6) is 5.75 Å². The molecular formula is C15H13BrFNO2. The summed E-state index contributed by atoms with van der Waals surface area (Å²) in [7, 11) is 1.62. The second kappa shape index (κ2) is 6.05. The molecule has 5 heteroatoms. The molecule has 0 spiro atoms. The van der Waals surface area contributed by atoms with Gasteiger partial charge in [0.2, 0.25) is 5.91 Å². The molecule has 1 N–H and O–H groups in total. The van der Waals surface area contributed by atoms with Gasteiger partial charge >= 0.3 is 0 Å². The Morgan fingerprint density at radius 2 is 1.90 bits per heavy atom. The molecule has 1 amide bonds. The van der Waals surface area contributed by atoms with Gasteiger partial charge in [-0.2, -0.15) is 0 Å². The lowest BCUT2D eigenvalue weighted by Gasteiger charge is -2.17. The summed E-state index contributed by atoms with van der Waals surface area (Å²) in [5, 5.41) is 9.22. The average Bonchev–Trinajstić information content (AvgIpc) is 2.43. The summed E-state index contributed by atoms with van der Waals surface area (Å²) in [5.74, 6) is -0.499. The van der Waals surface area contributed by atoms with E-state index in [2.05, 4.69) is 15.9 Å². The van der Waals surface area contributed by atoms with E-state index in [0.29, 0.717) is 11.3 Å². The fourth-order valence-electron chi connectivity index (χ4n) is 1.78. The van der Waals surface area contributed by atoms with E-state index >= 15 is 0 Å². The van der Waals surface area contributed by atoms with Crippen LogP contribution >= 0.6 is 15.9 Å². The fourth-order valence-corrected chi connectivity index (χ4v) is 2.19. The van der Waals surface area contributed by atoms with Crippen molar-refractivity contribution in [3.63, 3.8) is 0 Å². The zero-order chi connectivity index (χ0) is 14.7. The Morgan fingerprint density at radius 3 is 2.55 bits per heavy atom. The molecule has 3 nitrogen and oxygen atoms in total. The van der Waals surface area contributed by atoms with Crippen molar-refractivity contribution in [1.82, 2.24) is 0 Å². The Kier molecular flexibility index (Phi) is 4.39. The van der Waals surface area contributed by atoms with Crippen molar-refractivity contribution in [2.45, 2.75) is 6.42 Å². The molecule has 104 valence electrons. The number of phenolic OH excluding ortho intramolecular Hbond substituents is 1. The summed E-state index contributed by atoms with van der Waals surface area (Å²) in [4.78, 5) is 13.6. The second-order valence-corrected chi connectivity index (χ2v) is 5.30. The van der Waals surface area contributed by atoms with E-state index < -0.39 is 5.82 Å². The maximum Gasteiger partial charge on any atom is 0.231 e. The predicted molar refractivity (Wildman–Crippen MR) is 79.3 cm³/mol. The van der Waals surface area contributed by atoms with Gasteiger partial charge in [0.25, 0.3) is 0 Å². The van der Waals surface area contributed by atoms with Crippen LogP contribution in [-0.2, 0) is 11.2 Å². The molecule has 0 aliphatic carbocycles. The Morgan fingerprint density at radius 1 is 1.25 bits per heavy atom. The van der Waals surface area contributed by atoms with Crippen LogP contribution in [0.15, 0.2) is 46.9 Å². The van der Waals surface area contributed by atoms with Gasteiger partial charge in [-0.1, -0.05) is 15.9 Å². The molecule has 2 aromatic rings. The highest BCUT2D eigenvalue weighted by molar-refractivity contribution is 9.10. The van der Waals surface area contributed by atoms with Gasteiger partial charge in [0.15, 0.2) is 0 Å². The molecule has 0 radical (unpaired) electrons. The van der Waals surface area contributed by atoms with Crippen LogP contribution in [0.1, 0.15) is 5.56 Å². The molecule has 0 aliphatic heterocycles. The highest BCUT2D eigenvalue weighted by atomic mass is 79.9. The second-order valence-electron chi connectivity index (χ2n) is 4.38. The largest absolute Gasteiger partial charge is 0.508 e. The van der Waals surface area contributed by atoms with Crippen LogP contribution in [0.4, 0.5) is 10.1 Å². The number of rotatable bonds is 3. The fraction of sp³-hybridized carbons (Fsp3) is 0.133. The van der Waals surface area contributed by atoms with E-state index in [1.807, 2.05) is 0 Å². The van der Waals surface area contributed by atoms with Crippen molar-refractivity contribution in [3.05, 3.63) is 58.3 Å². The lowest BCUT2D eigenvalue weighted by atomic mass is 10.1. The SMILES string of the molecule is CN(C(=O)Cc1cc(Br)ccc1F)c1ccc(O)cc1. The quantitative estimate of drug-likeness (QED) is 0.931. The maximum absolute atomic E-state index is 13.6. The molecule has 0 heterocycles. The monoisotopic (exact) mass is 337 g/mol. The van der Waals surface area contributed by atoms with Crippen molar-refractivity contribution < 1.29 is 14.3 Å². The van der Waals surface area contributed by atoms with Gasteiger partial charge in [-0.3, -0.25) is 4.79 Å². The molecule has 0 bridgehead atoms. The first-order chi connectivity index (χ1) is 9.47. The van der Waals surface area contributed by atoms with Crippen LogP contribution in [0.25, 0.3) is 0 Å². The number of carbonyl (C=O) groups is 1. The maximum atomic E-state index is 13.6. The molecule has 0 aliphatic rings. The number of benzene rings is 2. The van der Waals surface area contributed by atoms with Gasteiger partial charge in [0.05, 0.1) is 6.42 Å². The molecule has 20 heavy (non-hydrogen) atoms. The van der Waals surface area contributed by atoms with Crippen LogP contribution in [0.2, 0.25) is 0 Å². The number of halogens is 2. The average molecular weight is 338 g/mol. The number of carbonyl (C=O) groups excluding carboxylic acids is 1. The zero-order valence-corrected chi connectivity index (χ0v) is 12.4. The van der Waals surface area contributed by atoms with Crippen molar-refractivity contribution >= 4 is 27.5 Å². The molecule has 0 fully saturated rings. The third kappa shape index (κ3) is 3.36. The summed E-state index contributed by atoms with van der Waals surface area (Å²) >= 11 is 3.26. The molecular weight excluding hydrogens is 325 g/mol. The molecule has 0 atom stereocenters. The first-order valence-electron chi connectivity index (χ1n) is 5.97. The number of nitrogens with zero attached hydrogens (tertiary/aromatic N) is 1. The van der Waals surface area contributed by atoms with Crippen molar-refractivity contribution in [2.24, 2.45) is 0 Å². The van der Waals surface area contributed by atoms with Crippen molar-refractivity contribution in [2.75, 3.05) is 11.9 Å². The molecule has 0 unspecified atom stereocenters.